The van der Waals surface area contributed by atoms with Gasteiger partial charge < -0.3 is 10.1 Å². The Hall–Kier alpha value is -2.92. The summed E-state index contributed by atoms with van der Waals surface area (Å²) in [5.41, 5.74) is 2.01. The molecule has 1 amide bonds. The molecule has 2 aliphatic rings. The maximum Gasteiger partial charge on any atom is 0.270 e. The Labute approximate surface area is 191 Å². The fourth-order valence-electron chi connectivity index (χ4n) is 3.23. The Morgan fingerprint density at radius 2 is 2.09 bits per heavy atom. The summed E-state index contributed by atoms with van der Waals surface area (Å²) in [6.07, 6.45) is 8.40. The second-order valence-electron chi connectivity index (χ2n) is 7.78. The number of amides is 1. The molecule has 0 saturated heterocycles. The first-order valence-electron chi connectivity index (χ1n) is 10.4. The SMILES string of the molecule is CCOc1cncc(-c2ccc(C(=O)NC3(c4csc(NS(=O)C5CC5)n4)CC3)nc2)n1. The maximum absolute atomic E-state index is 12.8. The molecule has 32 heavy (non-hydrogen) atoms. The monoisotopic (exact) mass is 470 g/mol. The van der Waals surface area contributed by atoms with Crippen LogP contribution < -0.4 is 14.8 Å². The first kappa shape index (κ1) is 21.0. The number of rotatable bonds is 9. The highest BCUT2D eigenvalue weighted by atomic mass is 32.2. The van der Waals surface area contributed by atoms with Crippen molar-refractivity contribution >= 4 is 33.4 Å². The van der Waals surface area contributed by atoms with Crippen LogP contribution in [0.25, 0.3) is 11.3 Å². The van der Waals surface area contributed by atoms with E-state index in [-0.39, 0.29) is 11.2 Å². The highest BCUT2D eigenvalue weighted by Crippen LogP contribution is 2.46. The van der Waals surface area contributed by atoms with Crippen LogP contribution in [-0.4, -0.2) is 41.9 Å². The van der Waals surface area contributed by atoms with Gasteiger partial charge in [0.2, 0.25) is 5.88 Å². The molecule has 0 aromatic carbocycles. The fraction of sp³-hybridized carbons (Fsp3) is 0.381. The van der Waals surface area contributed by atoms with Gasteiger partial charge in [-0.05, 0) is 44.7 Å². The average Bonchev–Trinajstić information content (AvgIpc) is 3.74. The molecule has 0 aliphatic heterocycles. The third kappa shape index (κ3) is 4.49. The van der Waals surface area contributed by atoms with Gasteiger partial charge in [0.15, 0.2) is 5.13 Å². The molecule has 0 bridgehead atoms. The summed E-state index contributed by atoms with van der Waals surface area (Å²) in [7, 11) is -1.08. The smallest absolute Gasteiger partial charge is 0.270 e. The highest BCUT2D eigenvalue weighted by Gasteiger charge is 2.48. The molecule has 2 aliphatic carbocycles. The summed E-state index contributed by atoms with van der Waals surface area (Å²) in [4.78, 5) is 30.2. The predicted octanol–water partition coefficient (Wildman–Crippen LogP) is 3.05. The molecule has 0 spiro atoms. The van der Waals surface area contributed by atoms with Gasteiger partial charge in [0.05, 0.1) is 41.2 Å². The molecule has 2 saturated carbocycles. The molecule has 3 aromatic heterocycles. The molecule has 1 atom stereocenters. The van der Waals surface area contributed by atoms with E-state index in [1.54, 1.807) is 30.7 Å². The molecule has 1 unspecified atom stereocenters. The number of aromatic nitrogens is 4. The van der Waals surface area contributed by atoms with Crippen LogP contribution in [0.5, 0.6) is 5.88 Å². The molecule has 3 heterocycles. The maximum atomic E-state index is 12.8. The van der Waals surface area contributed by atoms with Crippen LogP contribution in [0.4, 0.5) is 5.13 Å². The lowest BCUT2D eigenvalue weighted by atomic mass is 10.1. The van der Waals surface area contributed by atoms with E-state index in [2.05, 4.69) is 30.0 Å². The summed E-state index contributed by atoms with van der Waals surface area (Å²) in [6, 6.07) is 3.46. The Kier molecular flexibility index (Phi) is 5.60. The van der Waals surface area contributed by atoms with Gasteiger partial charge in [0, 0.05) is 17.1 Å². The lowest BCUT2D eigenvalue weighted by Gasteiger charge is -2.15. The van der Waals surface area contributed by atoms with E-state index >= 15 is 0 Å². The van der Waals surface area contributed by atoms with Crippen LogP contribution in [0.15, 0.2) is 36.1 Å². The van der Waals surface area contributed by atoms with Crippen molar-refractivity contribution in [2.24, 2.45) is 0 Å². The molecular weight excluding hydrogens is 448 g/mol. The fourth-order valence-corrected chi connectivity index (χ4v) is 5.27. The third-order valence-corrected chi connectivity index (χ3v) is 7.67. The average molecular weight is 471 g/mol. The number of hydrogen-bond donors (Lipinski definition) is 2. The molecular formula is C21H22N6O3S2. The van der Waals surface area contributed by atoms with Gasteiger partial charge in [-0.2, -0.15) is 0 Å². The first-order valence-corrected chi connectivity index (χ1v) is 12.5. The van der Waals surface area contributed by atoms with Crippen LogP contribution in [0.2, 0.25) is 0 Å². The number of thiazole rings is 1. The van der Waals surface area contributed by atoms with Crippen molar-refractivity contribution in [1.82, 2.24) is 25.3 Å². The second-order valence-corrected chi connectivity index (χ2v) is 10.1. The van der Waals surface area contributed by atoms with Crippen molar-refractivity contribution in [2.45, 2.75) is 43.4 Å². The number of anilines is 1. The van der Waals surface area contributed by atoms with E-state index in [0.29, 0.717) is 29.0 Å². The predicted molar refractivity (Wildman–Crippen MR) is 122 cm³/mol. The van der Waals surface area contributed by atoms with E-state index in [1.165, 1.54) is 11.3 Å². The lowest BCUT2D eigenvalue weighted by Crippen LogP contribution is -2.35. The largest absolute Gasteiger partial charge is 0.477 e. The minimum atomic E-state index is -1.08. The molecule has 2 fully saturated rings. The quantitative estimate of drug-likeness (QED) is 0.493. The normalized spacial score (nSPS) is 17.4. The Balaban J connectivity index is 1.25. The number of nitrogens with zero attached hydrogens (tertiary/aromatic N) is 4. The Morgan fingerprint density at radius 1 is 1.25 bits per heavy atom. The highest BCUT2D eigenvalue weighted by molar-refractivity contribution is 7.87. The van der Waals surface area contributed by atoms with Crippen molar-refractivity contribution in [3.63, 3.8) is 0 Å². The van der Waals surface area contributed by atoms with Crippen molar-refractivity contribution in [1.29, 1.82) is 0 Å². The molecule has 3 aromatic rings. The van der Waals surface area contributed by atoms with Gasteiger partial charge >= 0.3 is 0 Å². The zero-order valence-corrected chi connectivity index (χ0v) is 19.0. The molecule has 11 heteroatoms. The van der Waals surface area contributed by atoms with Crippen molar-refractivity contribution in [3.05, 3.63) is 47.5 Å². The summed E-state index contributed by atoms with van der Waals surface area (Å²) in [6.45, 7) is 2.39. The van der Waals surface area contributed by atoms with Gasteiger partial charge in [-0.3, -0.25) is 19.5 Å². The zero-order valence-electron chi connectivity index (χ0n) is 17.4. The van der Waals surface area contributed by atoms with Crippen LogP contribution in [0.3, 0.4) is 0 Å². The van der Waals surface area contributed by atoms with E-state index in [9.17, 15) is 9.00 Å². The second kappa shape index (κ2) is 8.55. The molecule has 0 radical (unpaired) electrons. The molecule has 2 N–H and O–H groups in total. The van der Waals surface area contributed by atoms with Crippen molar-refractivity contribution in [2.75, 3.05) is 11.3 Å². The summed E-state index contributed by atoms with van der Waals surface area (Å²) in [5, 5.41) is 5.86. The number of ether oxygens (including phenoxy) is 1. The van der Waals surface area contributed by atoms with Crippen LogP contribution in [0.1, 0.15) is 48.8 Å². The summed E-state index contributed by atoms with van der Waals surface area (Å²) < 4.78 is 20.4. The van der Waals surface area contributed by atoms with Crippen LogP contribution in [0, 0.1) is 0 Å². The number of hydrogen-bond acceptors (Lipinski definition) is 8. The number of nitrogens with one attached hydrogen (secondary N) is 2. The number of carbonyl (C=O) groups is 1. The van der Waals surface area contributed by atoms with E-state index < -0.39 is 16.5 Å². The van der Waals surface area contributed by atoms with Crippen molar-refractivity contribution in [3.8, 4) is 17.1 Å². The van der Waals surface area contributed by atoms with Gasteiger partial charge in [0.1, 0.15) is 16.7 Å². The standard InChI is InChI=1S/C21H22N6O3S2/c1-2-30-18-11-22-10-16(24-18)13-3-6-15(23-9-13)19(28)26-21(7-8-21)17-12-31-20(25-17)27-32(29)14-4-5-14/h3,6,9-12,14H,2,4-5,7-8H2,1H3,(H,25,27)(H,26,28). The van der Waals surface area contributed by atoms with Gasteiger partial charge in [0.25, 0.3) is 5.91 Å². The summed E-state index contributed by atoms with van der Waals surface area (Å²) in [5.74, 6) is 0.188. The van der Waals surface area contributed by atoms with Crippen molar-refractivity contribution < 1.29 is 13.7 Å². The lowest BCUT2D eigenvalue weighted by molar-refractivity contribution is 0.0925. The number of pyridine rings is 1. The minimum Gasteiger partial charge on any atom is -0.477 e. The molecule has 5 rings (SSSR count). The third-order valence-electron chi connectivity index (χ3n) is 5.31. The minimum absolute atomic E-state index is 0.235. The van der Waals surface area contributed by atoms with E-state index in [0.717, 1.165) is 36.9 Å². The van der Waals surface area contributed by atoms with Crippen LogP contribution >= 0.6 is 11.3 Å². The number of carbonyl (C=O) groups excluding carboxylic acids is 1. The van der Waals surface area contributed by atoms with Gasteiger partial charge in [-0.25, -0.2) is 14.2 Å². The molecule has 166 valence electrons. The zero-order chi connectivity index (χ0) is 22.1. The van der Waals surface area contributed by atoms with Gasteiger partial charge in [-0.1, -0.05) is 0 Å². The Morgan fingerprint density at radius 3 is 2.78 bits per heavy atom. The van der Waals surface area contributed by atoms with E-state index in [4.69, 9.17) is 4.74 Å². The Bertz CT molecular complexity index is 1160. The topological polar surface area (TPSA) is 119 Å². The summed E-state index contributed by atoms with van der Waals surface area (Å²) >= 11 is 1.41. The van der Waals surface area contributed by atoms with E-state index in [1.807, 2.05) is 12.3 Å². The van der Waals surface area contributed by atoms with Crippen LogP contribution in [-0.2, 0) is 16.5 Å². The first-order chi connectivity index (χ1) is 15.6. The van der Waals surface area contributed by atoms with Gasteiger partial charge in [-0.15, -0.1) is 11.3 Å². The molecule has 9 nitrogen and oxygen atoms in total.